The first kappa shape index (κ1) is 24.4. The summed E-state index contributed by atoms with van der Waals surface area (Å²) in [5.41, 5.74) is -0.828. The van der Waals surface area contributed by atoms with Gasteiger partial charge < -0.3 is 20.1 Å². The summed E-state index contributed by atoms with van der Waals surface area (Å²) in [6.45, 7) is 5.80. The van der Waals surface area contributed by atoms with Crippen molar-refractivity contribution in [1.29, 1.82) is 0 Å². The fourth-order valence-electron chi connectivity index (χ4n) is 2.34. The Morgan fingerprint density at radius 2 is 2.26 bits per heavy atom. The van der Waals surface area contributed by atoms with Crippen molar-refractivity contribution in [2.45, 2.75) is 38.5 Å². The number of guanidine groups is 1. The molecule has 0 saturated carbocycles. The quantitative estimate of drug-likeness (QED) is 0.226. The Morgan fingerprint density at radius 3 is 2.89 bits per heavy atom. The molecule has 0 aliphatic carbocycles. The molecule has 27 heavy (non-hydrogen) atoms. The summed E-state index contributed by atoms with van der Waals surface area (Å²) in [4.78, 5) is 8.05. The second-order valence-electron chi connectivity index (χ2n) is 5.77. The van der Waals surface area contributed by atoms with Gasteiger partial charge in [-0.1, -0.05) is 0 Å². The van der Waals surface area contributed by atoms with E-state index in [9.17, 15) is 13.2 Å². The molecular weight excluding hydrogens is 496 g/mol. The largest absolute Gasteiger partial charge is 0.434 e. The van der Waals surface area contributed by atoms with Gasteiger partial charge in [-0.15, -0.1) is 35.3 Å². The van der Waals surface area contributed by atoms with Crippen molar-refractivity contribution in [2.24, 2.45) is 4.99 Å². The SMILES string of the molecule is CCNC(=NCCCOC1CCOC1)NCCc1nc(C(F)(F)F)cs1.I. The molecule has 0 amide bonds. The van der Waals surface area contributed by atoms with Crippen LogP contribution < -0.4 is 10.6 Å². The fraction of sp³-hybridized carbons (Fsp3) is 0.750. The van der Waals surface area contributed by atoms with Gasteiger partial charge in [0.2, 0.25) is 0 Å². The normalized spacial score (nSPS) is 17.6. The van der Waals surface area contributed by atoms with Crippen LogP contribution in [-0.2, 0) is 22.1 Å². The predicted octanol–water partition coefficient (Wildman–Crippen LogP) is 3.07. The number of hydrogen-bond donors (Lipinski definition) is 2. The molecule has 1 atom stereocenters. The second-order valence-corrected chi connectivity index (χ2v) is 6.71. The number of thiazole rings is 1. The van der Waals surface area contributed by atoms with Crippen LogP contribution in [0.3, 0.4) is 0 Å². The Bertz CT molecular complexity index is 566. The van der Waals surface area contributed by atoms with Gasteiger partial charge in [0.05, 0.1) is 17.7 Å². The maximum Gasteiger partial charge on any atom is 0.434 e. The molecule has 6 nitrogen and oxygen atoms in total. The van der Waals surface area contributed by atoms with Crippen LogP contribution in [-0.4, -0.2) is 56.5 Å². The van der Waals surface area contributed by atoms with Gasteiger partial charge >= 0.3 is 6.18 Å². The third-order valence-corrected chi connectivity index (χ3v) is 4.54. The van der Waals surface area contributed by atoms with Gasteiger partial charge in [-0.05, 0) is 19.8 Å². The van der Waals surface area contributed by atoms with Gasteiger partial charge in [-0.25, -0.2) is 4.98 Å². The zero-order valence-corrected chi connectivity index (χ0v) is 18.3. The maximum atomic E-state index is 12.5. The minimum absolute atomic E-state index is 0. The average molecular weight is 522 g/mol. The van der Waals surface area contributed by atoms with Crippen molar-refractivity contribution < 1.29 is 22.6 Å². The van der Waals surface area contributed by atoms with Crippen molar-refractivity contribution in [2.75, 3.05) is 39.5 Å². The van der Waals surface area contributed by atoms with Gasteiger partial charge in [-0.3, -0.25) is 4.99 Å². The smallest absolute Gasteiger partial charge is 0.379 e. The monoisotopic (exact) mass is 522 g/mol. The lowest BCUT2D eigenvalue weighted by molar-refractivity contribution is -0.140. The number of aromatic nitrogens is 1. The van der Waals surface area contributed by atoms with E-state index in [0.29, 0.717) is 50.2 Å². The highest BCUT2D eigenvalue weighted by Gasteiger charge is 2.33. The topological polar surface area (TPSA) is 67.8 Å². The van der Waals surface area contributed by atoms with E-state index in [1.807, 2.05) is 6.92 Å². The van der Waals surface area contributed by atoms with Crippen LogP contribution in [0, 0.1) is 0 Å². The van der Waals surface area contributed by atoms with E-state index in [1.165, 1.54) is 0 Å². The third kappa shape index (κ3) is 9.39. The van der Waals surface area contributed by atoms with Crippen LogP contribution in [0.2, 0.25) is 0 Å². The van der Waals surface area contributed by atoms with E-state index in [1.54, 1.807) is 0 Å². The zero-order valence-electron chi connectivity index (χ0n) is 15.2. The number of ether oxygens (including phenoxy) is 2. The maximum absolute atomic E-state index is 12.5. The molecule has 0 bridgehead atoms. The van der Waals surface area contributed by atoms with Crippen LogP contribution in [0.25, 0.3) is 0 Å². The number of nitrogens with one attached hydrogen (secondary N) is 2. The molecule has 1 aliphatic heterocycles. The Hall–Kier alpha value is -0.660. The molecule has 2 rings (SSSR count). The minimum atomic E-state index is -4.38. The number of rotatable bonds is 9. The molecule has 0 spiro atoms. The summed E-state index contributed by atoms with van der Waals surface area (Å²) >= 11 is 1.02. The third-order valence-electron chi connectivity index (χ3n) is 3.63. The number of hydrogen-bond acceptors (Lipinski definition) is 5. The first-order valence-corrected chi connectivity index (χ1v) is 9.60. The van der Waals surface area contributed by atoms with Crippen LogP contribution in [0.4, 0.5) is 13.2 Å². The Kier molecular flexibility index (Phi) is 11.5. The van der Waals surface area contributed by atoms with Crippen LogP contribution in [0.15, 0.2) is 10.4 Å². The van der Waals surface area contributed by atoms with Crippen molar-refractivity contribution in [3.8, 4) is 0 Å². The van der Waals surface area contributed by atoms with E-state index in [2.05, 4.69) is 20.6 Å². The first-order valence-electron chi connectivity index (χ1n) is 8.72. The molecule has 1 aromatic heterocycles. The highest BCUT2D eigenvalue weighted by atomic mass is 127. The van der Waals surface area contributed by atoms with Crippen LogP contribution in [0.5, 0.6) is 0 Å². The molecule has 1 aromatic rings. The number of nitrogens with zero attached hydrogens (tertiary/aromatic N) is 2. The molecule has 1 aliphatic rings. The van der Waals surface area contributed by atoms with Crippen molar-refractivity contribution in [3.63, 3.8) is 0 Å². The highest BCUT2D eigenvalue weighted by molar-refractivity contribution is 14.0. The molecule has 156 valence electrons. The predicted molar refractivity (Wildman–Crippen MR) is 110 cm³/mol. The molecule has 0 aromatic carbocycles. The van der Waals surface area contributed by atoms with Crippen molar-refractivity contribution >= 4 is 41.3 Å². The molecule has 1 unspecified atom stereocenters. The van der Waals surface area contributed by atoms with Gasteiger partial charge in [0.25, 0.3) is 0 Å². The second kappa shape index (κ2) is 12.7. The fourth-order valence-corrected chi connectivity index (χ4v) is 3.14. The van der Waals surface area contributed by atoms with E-state index in [4.69, 9.17) is 9.47 Å². The van der Waals surface area contributed by atoms with Gasteiger partial charge in [0, 0.05) is 44.6 Å². The van der Waals surface area contributed by atoms with Crippen LogP contribution in [0.1, 0.15) is 30.5 Å². The average Bonchev–Trinajstić information content (AvgIpc) is 3.25. The molecule has 1 fully saturated rings. The summed E-state index contributed by atoms with van der Waals surface area (Å²) in [5.74, 6) is 0.643. The Morgan fingerprint density at radius 1 is 1.44 bits per heavy atom. The standard InChI is InChI=1S/C16H25F3N4O2S.HI/c1-2-20-15(21-6-3-8-25-12-5-9-24-10-12)22-7-4-14-23-13(11-26-14)16(17,18)19;/h11-12H,2-10H2,1H3,(H2,20,21,22);1H. The molecule has 11 heteroatoms. The van der Waals surface area contributed by atoms with Crippen LogP contribution >= 0.6 is 35.3 Å². The Labute approximate surface area is 178 Å². The van der Waals surface area contributed by atoms with E-state index in [0.717, 1.165) is 36.2 Å². The lowest BCUT2D eigenvalue weighted by atomic mass is 10.3. The van der Waals surface area contributed by atoms with Gasteiger partial charge in [0.15, 0.2) is 11.7 Å². The Balaban J connectivity index is 0.00000364. The molecule has 2 N–H and O–H groups in total. The lowest BCUT2D eigenvalue weighted by Gasteiger charge is -2.11. The van der Waals surface area contributed by atoms with Crippen molar-refractivity contribution in [3.05, 3.63) is 16.1 Å². The number of halogens is 4. The number of alkyl halides is 3. The zero-order chi connectivity index (χ0) is 18.8. The summed E-state index contributed by atoms with van der Waals surface area (Å²) < 4.78 is 48.5. The van der Waals surface area contributed by atoms with E-state index in [-0.39, 0.29) is 30.1 Å². The lowest BCUT2D eigenvalue weighted by Crippen LogP contribution is -2.38. The molecule has 0 radical (unpaired) electrons. The minimum Gasteiger partial charge on any atom is -0.379 e. The first-order chi connectivity index (χ1) is 12.5. The molecular formula is C16H26F3IN4O2S. The summed E-state index contributed by atoms with van der Waals surface area (Å²) in [6.07, 6.45) is -2.03. The highest BCUT2D eigenvalue weighted by Crippen LogP contribution is 2.29. The van der Waals surface area contributed by atoms with Crippen molar-refractivity contribution in [1.82, 2.24) is 15.6 Å². The molecule has 2 heterocycles. The molecule has 1 saturated heterocycles. The number of aliphatic imine (C=N–C) groups is 1. The van der Waals surface area contributed by atoms with E-state index >= 15 is 0 Å². The summed E-state index contributed by atoms with van der Waals surface area (Å²) in [5, 5.41) is 7.72. The summed E-state index contributed by atoms with van der Waals surface area (Å²) in [7, 11) is 0. The van der Waals surface area contributed by atoms with E-state index < -0.39 is 11.9 Å². The van der Waals surface area contributed by atoms with Gasteiger partial charge in [-0.2, -0.15) is 13.2 Å². The summed E-state index contributed by atoms with van der Waals surface area (Å²) in [6, 6.07) is 0. The van der Waals surface area contributed by atoms with Gasteiger partial charge in [0.1, 0.15) is 0 Å².